The summed E-state index contributed by atoms with van der Waals surface area (Å²) in [6.07, 6.45) is 3.03. The topological polar surface area (TPSA) is 68.5 Å². The number of rotatable bonds is 4. The molecule has 0 spiro atoms. The van der Waals surface area contributed by atoms with E-state index in [0.717, 1.165) is 23.5 Å². The predicted octanol–water partition coefficient (Wildman–Crippen LogP) is 4.67. The average Bonchev–Trinajstić information content (AvgIpc) is 3.66. The third-order valence-electron chi connectivity index (χ3n) is 6.44. The molecule has 0 radical (unpaired) electrons. The maximum Gasteiger partial charge on any atom is 0.296 e. The molecule has 2 aromatic carbocycles. The minimum absolute atomic E-state index is 0.0117. The highest BCUT2D eigenvalue weighted by molar-refractivity contribution is 5.65. The molecule has 2 N–H and O–H groups in total. The van der Waals surface area contributed by atoms with E-state index in [1.807, 2.05) is 0 Å². The van der Waals surface area contributed by atoms with Gasteiger partial charge in [-0.1, -0.05) is 18.2 Å². The van der Waals surface area contributed by atoms with Crippen molar-refractivity contribution in [1.82, 2.24) is 9.55 Å². The van der Waals surface area contributed by atoms with Crippen molar-refractivity contribution >= 4 is 11.5 Å². The van der Waals surface area contributed by atoms with Crippen LogP contribution in [0.4, 0.5) is 24.7 Å². The molecule has 1 saturated heterocycles. The highest BCUT2D eigenvalue weighted by Gasteiger charge is 2.29. The first-order chi connectivity index (χ1) is 16.4. The third-order valence-corrected chi connectivity index (χ3v) is 6.44. The Balaban J connectivity index is 1.71. The van der Waals surface area contributed by atoms with Gasteiger partial charge in [0.05, 0.1) is 12.3 Å². The van der Waals surface area contributed by atoms with Gasteiger partial charge in [-0.3, -0.25) is 9.36 Å². The minimum atomic E-state index is -1.07. The standard InChI is InChI=1S/C25H22F3N5O/c1-30-21-7-4-15(12-20(21)27)23-31-24(32-10-8-16(29)9-11-32)22(28)25(34)33(23)17-5-6-18(14-2-3-14)19(26)13-17/h4-7,12-14,16H,2-3,8-11,29H2. The molecule has 9 heteroatoms. The molecule has 2 fully saturated rings. The van der Waals surface area contributed by atoms with Gasteiger partial charge in [-0.25, -0.2) is 18.6 Å². The lowest BCUT2D eigenvalue weighted by atomic mass is 10.1. The fraction of sp³-hybridized carbons (Fsp3) is 0.320. The van der Waals surface area contributed by atoms with Crippen LogP contribution in [0, 0.1) is 24.0 Å². The minimum Gasteiger partial charge on any atom is -0.354 e. The highest BCUT2D eigenvalue weighted by atomic mass is 19.1. The van der Waals surface area contributed by atoms with E-state index in [9.17, 15) is 13.6 Å². The average molecular weight is 465 g/mol. The number of aromatic nitrogens is 2. The zero-order chi connectivity index (χ0) is 24.0. The molecule has 1 aromatic heterocycles. The molecule has 174 valence electrons. The van der Waals surface area contributed by atoms with Crippen LogP contribution in [0.15, 0.2) is 41.2 Å². The fourth-order valence-electron chi connectivity index (χ4n) is 4.36. The molecule has 34 heavy (non-hydrogen) atoms. The largest absolute Gasteiger partial charge is 0.354 e. The second kappa shape index (κ2) is 8.61. The summed E-state index contributed by atoms with van der Waals surface area (Å²) in [6.45, 7) is 7.91. The number of hydrogen-bond acceptors (Lipinski definition) is 4. The van der Waals surface area contributed by atoms with Crippen LogP contribution < -0.4 is 16.2 Å². The van der Waals surface area contributed by atoms with Crippen molar-refractivity contribution in [3.63, 3.8) is 0 Å². The number of nitrogens with zero attached hydrogens (tertiary/aromatic N) is 4. The number of nitrogens with two attached hydrogens (primary N) is 1. The number of halogens is 3. The second-order valence-electron chi connectivity index (χ2n) is 8.80. The molecule has 2 heterocycles. The van der Waals surface area contributed by atoms with Gasteiger partial charge in [-0.05, 0) is 55.4 Å². The van der Waals surface area contributed by atoms with E-state index >= 15 is 4.39 Å². The van der Waals surface area contributed by atoms with E-state index in [1.165, 1.54) is 18.2 Å². The van der Waals surface area contributed by atoms with Crippen LogP contribution in [0.1, 0.15) is 37.2 Å². The van der Waals surface area contributed by atoms with Gasteiger partial charge in [0.25, 0.3) is 5.56 Å². The monoisotopic (exact) mass is 465 g/mol. The van der Waals surface area contributed by atoms with Crippen molar-refractivity contribution in [3.8, 4) is 17.1 Å². The van der Waals surface area contributed by atoms with Gasteiger partial charge in [0.15, 0.2) is 5.82 Å². The lowest BCUT2D eigenvalue weighted by Crippen LogP contribution is -2.42. The van der Waals surface area contributed by atoms with Crippen molar-refractivity contribution in [3.05, 3.63) is 81.2 Å². The number of hydrogen-bond donors (Lipinski definition) is 1. The van der Waals surface area contributed by atoms with Gasteiger partial charge in [-0.15, -0.1) is 0 Å². The molecule has 0 unspecified atom stereocenters. The van der Waals surface area contributed by atoms with Gasteiger partial charge >= 0.3 is 0 Å². The van der Waals surface area contributed by atoms with Crippen LogP contribution in [0.3, 0.4) is 0 Å². The Morgan fingerprint density at radius 1 is 1.00 bits per heavy atom. The molecule has 0 amide bonds. The van der Waals surface area contributed by atoms with Crippen LogP contribution >= 0.6 is 0 Å². The van der Waals surface area contributed by atoms with Crippen molar-refractivity contribution in [1.29, 1.82) is 0 Å². The van der Waals surface area contributed by atoms with Crippen LogP contribution in [0.25, 0.3) is 21.9 Å². The molecule has 3 aromatic rings. The summed E-state index contributed by atoms with van der Waals surface area (Å²) in [4.78, 5) is 22.5. The zero-order valence-corrected chi connectivity index (χ0v) is 18.3. The molecule has 1 saturated carbocycles. The normalized spacial score (nSPS) is 16.5. The van der Waals surface area contributed by atoms with Crippen molar-refractivity contribution < 1.29 is 13.2 Å². The third kappa shape index (κ3) is 3.94. The van der Waals surface area contributed by atoms with E-state index in [1.54, 1.807) is 17.0 Å². The zero-order valence-electron chi connectivity index (χ0n) is 18.3. The quantitative estimate of drug-likeness (QED) is 0.569. The first-order valence-electron chi connectivity index (χ1n) is 11.2. The lowest BCUT2D eigenvalue weighted by Gasteiger charge is -2.31. The summed E-state index contributed by atoms with van der Waals surface area (Å²) < 4.78 is 45.6. The Morgan fingerprint density at radius 2 is 1.74 bits per heavy atom. The Bertz CT molecular complexity index is 1370. The lowest BCUT2D eigenvalue weighted by molar-refractivity contribution is 0.486. The first-order valence-corrected chi connectivity index (χ1v) is 11.2. The van der Waals surface area contributed by atoms with E-state index < -0.39 is 23.0 Å². The van der Waals surface area contributed by atoms with E-state index in [0.29, 0.717) is 31.5 Å². The summed E-state index contributed by atoms with van der Waals surface area (Å²) in [7, 11) is 0. The van der Waals surface area contributed by atoms with Gasteiger partial charge in [-0.2, -0.15) is 4.39 Å². The maximum absolute atomic E-state index is 15.4. The highest BCUT2D eigenvalue weighted by Crippen LogP contribution is 2.41. The van der Waals surface area contributed by atoms with Crippen LogP contribution in [0.2, 0.25) is 0 Å². The predicted molar refractivity (Wildman–Crippen MR) is 123 cm³/mol. The Kier molecular flexibility index (Phi) is 5.62. The van der Waals surface area contributed by atoms with Gasteiger partial charge < -0.3 is 10.6 Å². The van der Waals surface area contributed by atoms with Crippen molar-refractivity contribution in [2.24, 2.45) is 5.73 Å². The molecular formula is C25H22F3N5O. The van der Waals surface area contributed by atoms with Gasteiger partial charge in [0.2, 0.25) is 11.5 Å². The summed E-state index contributed by atoms with van der Waals surface area (Å²) in [5.74, 6) is -2.37. The Morgan fingerprint density at radius 3 is 2.35 bits per heavy atom. The summed E-state index contributed by atoms with van der Waals surface area (Å²) in [5, 5.41) is 0. The maximum atomic E-state index is 15.4. The fourth-order valence-corrected chi connectivity index (χ4v) is 4.36. The SMILES string of the molecule is [C-]#[N+]c1ccc(-c2nc(N3CCC(N)CC3)c(F)c(=O)n2-c2ccc(C3CC3)c(F)c2)cc1F. The van der Waals surface area contributed by atoms with Crippen molar-refractivity contribution in [2.75, 3.05) is 18.0 Å². The molecule has 1 aliphatic carbocycles. The number of anilines is 1. The molecule has 0 bridgehead atoms. The van der Waals surface area contributed by atoms with Crippen LogP contribution in [-0.4, -0.2) is 28.7 Å². The smallest absolute Gasteiger partial charge is 0.296 e. The molecule has 6 nitrogen and oxygen atoms in total. The Hall–Kier alpha value is -3.64. The van der Waals surface area contributed by atoms with Gasteiger partial charge in [0.1, 0.15) is 17.5 Å². The Labute approximate surface area is 194 Å². The van der Waals surface area contributed by atoms with E-state index in [4.69, 9.17) is 12.3 Å². The van der Waals surface area contributed by atoms with Crippen LogP contribution in [0.5, 0.6) is 0 Å². The van der Waals surface area contributed by atoms with Gasteiger partial charge in [0, 0.05) is 24.7 Å². The summed E-state index contributed by atoms with van der Waals surface area (Å²) in [6, 6.07) is 8.11. The van der Waals surface area contributed by atoms with E-state index in [2.05, 4.69) is 9.83 Å². The molecule has 2 aliphatic rings. The summed E-state index contributed by atoms with van der Waals surface area (Å²) >= 11 is 0. The van der Waals surface area contributed by atoms with E-state index in [-0.39, 0.29) is 40.5 Å². The van der Waals surface area contributed by atoms with Crippen LogP contribution in [-0.2, 0) is 0 Å². The summed E-state index contributed by atoms with van der Waals surface area (Å²) in [5.41, 5.74) is 5.57. The molecule has 1 aliphatic heterocycles. The first kappa shape index (κ1) is 22.2. The number of piperidine rings is 1. The number of benzene rings is 2. The molecular weight excluding hydrogens is 443 g/mol. The molecule has 5 rings (SSSR count). The van der Waals surface area contributed by atoms with Crippen molar-refractivity contribution in [2.45, 2.75) is 37.6 Å². The second-order valence-corrected chi connectivity index (χ2v) is 8.80. The molecule has 0 atom stereocenters.